The van der Waals surface area contributed by atoms with Crippen molar-refractivity contribution < 1.29 is 0 Å². The summed E-state index contributed by atoms with van der Waals surface area (Å²) in [5.74, 6) is 1.97. The normalized spacial score (nSPS) is 24.0. The van der Waals surface area contributed by atoms with Crippen molar-refractivity contribution in [2.24, 2.45) is 13.0 Å². The van der Waals surface area contributed by atoms with Gasteiger partial charge in [0.15, 0.2) is 0 Å². The largest absolute Gasteiger partial charge is 0.337 e. The summed E-state index contributed by atoms with van der Waals surface area (Å²) in [6.45, 7) is 5.36. The first-order valence-corrected chi connectivity index (χ1v) is 6.59. The summed E-state index contributed by atoms with van der Waals surface area (Å²) in [6.07, 6.45) is 6.58. The molecule has 0 amide bonds. The third kappa shape index (κ3) is 2.87. The van der Waals surface area contributed by atoms with Crippen LogP contribution in [0.3, 0.4) is 0 Å². The Kier molecular flexibility index (Phi) is 4.18. The number of rotatable bonds is 6. The summed E-state index contributed by atoms with van der Waals surface area (Å²) in [6, 6.07) is 0.728. The average molecular weight is 236 g/mol. The maximum absolute atomic E-state index is 4.39. The fourth-order valence-corrected chi connectivity index (χ4v) is 2.59. The molecule has 2 atom stereocenters. The second-order valence-electron chi connectivity index (χ2n) is 5.08. The van der Waals surface area contributed by atoms with Gasteiger partial charge in [0.1, 0.15) is 5.82 Å². The molecule has 1 saturated carbocycles. The van der Waals surface area contributed by atoms with E-state index in [9.17, 15) is 0 Å². The molecule has 96 valence electrons. The van der Waals surface area contributed by atoms with Crippen molar-refractivity contribution in [3.63, 3.8) is 0 Å². The van der Waals surface area contributed by atoms with E-state index in [1.54, 1.807) is 0 Å². The fraction of sp³-hybridized carbons (Fsp3) is 0.769. The van der Waals surface area contributed by atoms with E-state index >= 15 is 0 Å². The van der Waals surface area contributed by atoms with Crippen LogP contribution in [0.5, 0.6) is 0 Å². The zero-order valence-corrected chi connectivity index (χ0v) is 11.2. The third-order valence-corrected chi connectivity index (χ3v) is 3.91. The van der Waals surface area contributed by atoms with Gasteiger partial charge in [0, 0.05) is 25.5 Å². The quantitative estimate of drug-likeness (QED) is 0.807. The van der Waals surface area contributed by atoms with Crippen molar-refractivity contribution in [3.05, 3.63) is 18.2 Å². The van der Waals surface area contributed by atoms with Crippen LogP contribution in [0, 0.1) is 5.92 Å². The lowest BCUT2D eigenvalue weighted by Gasteiger charge is -2.42. The Bertz CT molecular complexity index is 347. The highest BCUT2D eigenvalue weighted by molar-refractivity contribution is 4.95. The van der Waals surface area contributed by atoms with Gasteiger partial charge in [-0.3, -0.25) is 4.90 Å². The Labute approximate surface area is 104 Å². The first kappa shape index (κ1) is 12.6. The van der Waals surface area contributed by atoms with Crippen molar-refractivity contribution in [3.8, 4) is 0 Å². The van der Waals surface area contributed by atoms with Gasteiger partial charge in [0.25, 0.3) is 0 Å². The molecule has 1 aromatic heterocycles. The van der Waals surface area contributed by atoms with Gasteiger partial charge in [-0.15, -0.1) is 0 Å². The highest BCUT2D eigenvalue weighted by Crippen LogP contribution is 2.31. The average Bonchev–Trinajstić information content (AvgIpc) is 2.63. The Balaban J connectivity index is 1.84. The topological polar surface area (TPSA) is 33.1 Å². The number of nitrogens with one attached hydrogen (secondary N) is 1. The van der Waals surface area contributed by atoms with Crippen LogP contribution in [-0.2, 0) is 13.6 Å². The molecule has 0 aliphatic heterocycles. The van der Waals surface area contributed by atoms with Crippen molar-refractivity contribution in [2.45, 2.75) is 32.4 Å². The molecule has 1 aliphatic carbocycles. The maximum Gasteiger partial charge on any atom is 0.122 e. The molecule has 1 heterocycles. The summed E-state index contributed by atoms with van der Waals surface area (Å²) in [4.78, 5) is 6.84. The minimum absolute atomic E-state index is 0.728. The Hall–Kier alpha value is -0.870. The van der Waals surface area contributed by atoms with Gasteiger partial charge in [-0.2, -0.15) is 0 Å². The minimum atomic E-state index is 0.728. The number of nitrogens with zero attached hydrogens (tertiary/aromatic N) is 3. The maximum atomic E-state index is 4.39. The molecular formula is C13H24N4. The Morgan fingerprint density at radius 3 is 2.88 bits per heavy atom. The van der Waals surface area contributed by atoms with E-state index in [0.717, 1.165) is 37.4 Å². The lowest BCUT2D eigenvalue weighted by molar-refractivity contribution is 0.0758. The van der Waals surface area contributed by atoms with Crippen LogP contribution in [-0.4, -0.2) is 40.6 Å². The molecule has 4 heteroatoms. The predicted molar refractivity (Wildman–Crippen MR) is 69.7 cm³/mol. The van der Waals surface area contributed by atoms with E-state index in [1.807, 2.05) is 12.4 Å². The van der Waals surface area contributed by atoms with E-state index in [1.165, 1.54) is 12.8 Å². The molecule has 17 heavy (non-hydrogen) atoms. The Morgan fingerprint density at radius 1 is 1.53 bits per heavy atom. The second-order valence-corrected chi connectivity index (χ2v) is 5.08. The Morgan fingerprint density at radius 2 is 2.35 bits per heavy atom. The number of imidazole rings is 1. The van der Waals surface area contributed by atoms with Gasteiger partial charge in [-0.1, -0.05) is 6.92 Å². The molecule has 1 fully saturated rings. The van der Waals surface area contributed by atoms with Crippen molar-refractivity contribution in [2.75, 3.05) is 20.1 Å². The zero-order valence-electron chi connectivity index (χ0n) is 11.2. The molecule has 2 unspecified atom stereocenters. The van der Waals surface area contributed by atoms with E-state index in [0.29, 0.717) is 0 Å². The summed E-state index contributed by atoms with van der Waals surface area (Å²) in [5.41, 5.74) is 0. The van der Waals surface area contributed by atoms with Crippen LogP contribution >= 0.6 is 0 Å². The lowest BCUT2D eigenvalue weighted by atomic mass is 9.78. The molecule has 0 saturated heterocycles. The van der Waals surface area contributed by atoms with Crippen LogP contribution in [0.15, 0.2) is 12.4 Å². The lowest BCUT2D eigenvalue weighted by Crippen LogP contribution is -2.48. The molecule has 0 radical (unpaired) electrons. The van der Waals surface area contributed by atoms with Crippen LogP contribution in [0.1, 0.15) is 25.6 Å². The van der Waals surface area contributed by atoms with Gasteiger partial charge in [-0.25, -0.2) is 4.98 Å². The van der Waals surface area contributed by atoms with E-state index in [2.05, 4.69) is 40.8 Å². The molecule has 0 spiro atoms. The molecule has 2 rings (SSSR count). The molecule has 1 aromatic rings. The van der Waals surface area contributed by atoms with Crippen LogP contribution in [0.4, 0.5) is 0 Å². The smallest absolute Gasteiger partial charge is 0.122 e. The van der Waals surface area contributed by atoms with Gasteiger partial charge in [0.2, 0.25) is 0 Å². The zero-order chi connectivity index (χ0) is 12.3. The van der Waals surface area contributed by atoms with Crippen molar-refractivity contribution in [1.29, 1.82) is 0 Å². The fourth-order valence-electron chi connectivity index (χ4n) is 2.59. The van der Waals surface area contributed by atoms with Crippen molar-refractivity contribution >= 4 is 0 Å². The first-order valence-electron chi connectivity index (χ1n) is 6.59. The highest BCUT2D eigenvalue weighted by atomic mass is 15.2. The predicted octanol–water partition coefficient (Wildman–Crippen LogP) is 1.24. The summed E-state index contributed by atoms with van der Waals surface area (Å²) in [7, 11) is 4.28. The van der Waals surface area contributed by atoms with E-state index in [-0.39, 0.29) is 0 Å². The summed E-state index contributed by atoms with van der Waals surface area (Å²) >= 11 is 0. The van der Waals surface area contributed by atoms with Crippen LogP contribution < -0.4 is 5.32 Å². The number of hydrogen-bond donors (Lipinski definition) is 1. The first-order chi connectivity index (χ1) is 8.22. The van der Waals surface area contributed by atoms with Crippen LogP contribution in [0.2, 0.25) is 0 Å². The molecule has 4 nitrogen and oxygen atoms in total. The minimum Gasteiger partial charge on any atom is -0.337 e. The number of aryl methyl sites for hydroxylation is 1. The number of aromatic nitrogens is 2. The van der Waals surface area contributed by atoms with Gasteiger partial charge >= 0.3 is 0 Å². The van der Waals surface area contributed by atoms with Gasteiger partial charge in [0.05, 0.1) is 6.54 Å². The molecule has 1 N–H and O–H groups in total. The van der Waals surface area contributed by atoms with E-state index in [4.69, 9.17) is 0 Å². The summed E-state index contributed by atoms with van der Waals surface area (Å²) < 4.78 is 2.11. The van der Waals surface area contributed by atoms with Gasteiger partial charge < -0.3 is 9.88 Å². The van der Waals surface area contributed by atoms with Crippen LogP contribution in [0.25, 0.3) is 0 Å². The SMILES string of the molecule is CCNCC1CCC1N(C)Cc1nccn1C. The molecule has 0 bridgehead atoms. The highest BCUT2D eigenvalue weighted by Gasteiger charge is 2.33. The number of hydrogen-bond acceptors (Lipinski definition) is 3. The van der Waals surface area contributed by atoms with Gasteiger partial charge in [-0.05, 0) is 38.9 Å². The summed E-state index contributed by atoms with van der Waals surface area (Å²) in [5, 5.41) is 3.46. The molecule has 1 aliphatic rings. The van der Waals surface area contributed by atoms with Crippen molar-refractivity contribution in [1.82, 2.24) is 19.8 Å². The third-order valence-electron chi connectivity index (χ3n) is 3.91. The standard InChI is InChI=1S/C13H24N4/c1-4-14-9-11-5-6-12(11)17(3)10-13-15-7-8-16(13)2/h7-8,11-12,14H,4-6,9-10H2,1-3H3. The molecule has 0 aromatic carbocycles. The molecular weight excluding hydrogens is 212 g/mol. The van der Waals surface area contributed by atoms with E-state index < -0.39 is 0 Å². The monoisotopic (exact) mass is 236 g/mol. The second kappa shape index (κ2) is 5.65.